The summed E-state index contributed by atoms with van der Waals surface area (Å²) in [4.78, 5) is 24.8. The highest BCUT2D eigenvalue weighted by Gasteiger charge is 2.33. The van der Waals surface area contributed by atoms with Crippen LogP contribution in [0.1, 0.15) is 26.7 Å². The van der Waals surface area contributed by atoms with Crippen LogP contribution in [0.3, 0.4) is 0 Å². The normalized spacial score (nSPS) is 19.6. The minimum atomic E-state index is -0.672. The zero-order chi connectivity index (χ0) is 12.1. The van der Waals surface area contributed by atoms with E-state index in [0.29, 0.717) is 12.5 Å². The van der Waals surface area contributed by atoms with Gasteiger partial charge in [0.25, 0.3) is 0 Å². The van der Waals surface area contributed by atoms with Gasteiger partial charge in [0, 0.05) is 12.6 Å². The molecule has 0 radical (unpaired) electrons. The number of carbonyl (C=O) groups is 2. The largest absolute Gasteiger partial charge is 0.335 e. The van der Waals surface area contributed by atoms with Gasteiger partial charge in [-0.3, -0.25) is 9.59 Å². The van der Waals surface area contributed by atoms with Gasteiger partial charge in [-0.15, -0.1) is 0 Å². The topological polar surface area (TPSA) is 73.2 Å². The molecule has 0 spiro atoms. The summed E-state index contributed by atoms with van der Waals surface area (Å²) in [7, 11) is 0. The minimum absolute atomic E-state index is 0.120. The van der Waals surface area contributed by atoms with Gasteiger partial charge in [-0.05, 0) is 18.8 Å². The highest BCUT2D eigenvalue weighted by atomic mass is 16.2. The van der Waals surface area contributed by atoms with Crippen LogP contribution in [0.2, 0.25) is 0 Å². The summed E-state index contributed by atoms with van der Waals surface area (Å²) in [6.07, 6.45) is 1.90. The monoisotopic (exact) mass is 223 g/mol. The van der Waals surface area contributed by atoms with Crippen LogP contribution in [0, 0.1) is 17.2 Å². The van der Waals surface area contributed by atoms with Gasteiger partial charge < -0.3 is 10.2 Å². The number of amides is 2. The highest BCUT2D eigenvalue weighted by Crippen LogP contribution is 2.23. The van der Waals surface area contributed by atoms with Gasteiger partial charge in [0.1, 0.15) is 6.54 Å². The Bertz CT molecular complexity index is 320. The van der Waals surface area contributed by atoms with Crippen molar-refractivity contribution in [2.75, 3.05) is 13.1 Å². The van der Waals surface area contributed by atoms with Crippen LogP contribution in [0.25, 0.3) is 0 Å². The predicted octanol–water partition coefficient (Wildman–Crippen LogP) is 0.273. The molecule has 16 heavy (non-hydrogen) atoms. The van der Waals surface area contributed by atoms with Crippen LogP contribution in [-0.2, 0) is 9.59 Å². The summed E-state index contributed by atoms with van der Waals surface area (Å²) in [6, 6.07) is 1.93. The molecule has 1 aliphatic heterocycles. The Balaban J connectivity index is 2.59. The number of carbonyl (C=O) groups excluding carboxylic acids is 2. The van der Waals surface area contributed by atoms with Crippen LogP contribution < -0.4 is 5.32 Å². The molecule has 0 saturated carbocycles. The SMILES string of the molecule is CC(C)C1CCCN1C(=O)C(=O)NCC#N. The van der Waals surface area contributed by atoms with Crippen molar-refractivity contribution in [3.63, 3.8) is 0 Å². The Labute approximate surface area is 95.4 Å². The molecule has 1 atom stereocenters. The Kier molecular flexibility index (Phi) is 4.29. The molecule has 1 aliphatic rings. The van der Waals surface area contributed by atoms with E-state index in [2.05, 4.69) is 5.32 Å². The van der Waals surface area contributed by atoms with Crippen LogP contribution >= 0.6 is 0 Å². The van der Waals surface area contributed by atoms with Crippen LogP contribution in [0.15, 0.2) is 0 Å². The molecule has 2 amide bonds. The first-order valence-corrected chi connectivity index (χ1v) is 5.53. The summed E-state index contributed by atoms with van der Waals surface area (Å²) in [5.41, 5.74) is 0. The van der Waals surface area contributed by atoms with E-state index < -0.39 is 11.8 Å². The summed E-state index contributed by atoms with van der Waals surface area (Å²) in [5, 5.41) is 10.6. The van der Waals surface area contributed by atoms with Crippen molar-refractivity contribution < 1.29 is 9.59 Å². The molecule has 1 unspecified atom stereocenters. The number of rotatable bonds is 2. The quantitative estimate of drug-likeness (QED) is 0.539. The third-order valence-electron chi connectivity index (χ3n) is 2.85. The van der Waals surface area contributed by atoms with Crippen molar-refractivity contribution in [1.29, 1.82) is 5.26 Å². The summed E-state index contributed by atoms with van der Waals surface area (Å²) >= 11 is 0. The minimum Gasteiger partial charge on any atom is -0.335 e. The van der Waals surface area contributed by atoms with Gasteiger partial charge in [-0.1, -0.05) is 13.8 Å². The van der Waals surface area contributed by atoms with Crippen LogP contribution in [0.4, 0.5) is 0 Å². The van der Waals surface area contributed by atoms with Crippen molar-refractivity contribution >= 4 is 11.8 Å². The zero-order valence-electron chi connectivity index (χ0n) is 9.69. The number of hydrogen-bond donors (Lipinski definition) is 1. The highest BCUT2D eigenvalue weighted by molar-refractivity contribution is 6.35. The number of hydrogen-bond acceptors (Lipinski definition) is 3. The summed E-state index contributed by atoms with van der Waals surface area (Å²) in [6.45, 7) is 4.61. The smallest absolute Gasteiger partial charge is 0.312 e. The molecule has 5 heteroatoms. The number of likely N-dealkylation sites (tertiary alicyclic amines) is 1. The molecular weight excluding hydrogens is 206 g/mol. The number of nitrogens with one attached hydrogen (secondary N) is 1. The number of nitrogens with zero attached hydrogens (tertiary/aromatic N) is 2. The molecule has 1 saturated heterocycles. The zero-order valence-corrected chi connectivity index (χ0v) is 9.69. The van der Waals surface area contributed by atoms with Gasteiger partial charge in [-0.25, -0.2) is 0 Å². The third kappa shape index (κ3) is 2.72. The first kappa shape index (κ1) is 12.5. The maximum Gasteiger partial charge on any atom is 0.312 e. The molecule has 1 rings (SSSR count). The predicted molar refractivity (Wildman–Crippen MR) is 58.2 cm³/mol. The first-order chi connectivity index (χ1) is 7.57. The molecule has 0 aliphatic carbocycles. The lowest BCUT2D eigenvalue weighted by Gasteiger charge is -2.26. The molecule has 0 bridgehead atoms. The van der Waals surface area contributed by atoms with Crippen molar-refractivity contribution in [2.24, 2.45) is 5.92 Å². The maximum absolute atomic E-state index is 11.8. The second-order valence-corrected chi connectivity index (χ2v) is 4.29. The molecule has 5 nitrogen and oxygen atoms in total. The van der Waals surface area contributed by atoms with Gasteiger partial charge >= 0.3 is 11.8 Å². The second-order valence-electron chi connectivity index (χ2n) is 4.29. The van der Waals surface area contributed by atoms with E-state index in [1.54, 1.807) is 11.0 Å². The number of nitriles is 1. The van der Waals surface area contributed by atoms with E-state index in [9.17, 15) is 9.59 Å². The van der Waals surface area contributed by atoms with Crippen molar-refractivity contribution in [3.8, 4) is 6.07 Å². The molecule has 0 aromatic heterocycles. The second kappa shape index (κ2) is 5.50. The lowest BCUT2D eigenvalue weighted by atomic mass is 10.0. The third-order valence-corrected chi connectivity index (χ3v) is 2.85. The molecule has 88 valence electrons. The van der Waals surface area contributed by atoms with Gasteiger partial charge in [-0.2, -0.15) is 5.26 Å². The molecule has 0 aromatic carbocycles. The Hall–Kier alpha value is -1.57. The summed E-state index contributed by atoms with van der Waals surface area (Å²) < 4.78 is 0. The van der Waals surface area contributed by atoms with Crippen molar-refractivity contribution in [2.45, 2.75) is 32.7 Å². The average molecular weight is 223 g/mol. The van der Waals surface area contributed by atoms with Gasteiger partial charge in [0.2, 0.25) is 0 Å². The maximum atomic E-state index is 11.8. The Morgan fingerprint density at radius 1 is 1.56 bits per heavy atom. The Morgan fingerprint density at radius 2 is 2.25 bits per heavy atom. The van der Waals surface area contributed by atoms with Crippen LogP contribution in [0.5, 0.6) is 0 Å². The van der Waals surface area contributed by atoms with Crippen LogP contribution in [-0.4, -0.2) is 35.8 Å². The van der Waals surface area contributed by atoms with E-state index in [4.69, 9.17) is 5.26 Å². The summed E-state index contributed by atoms with van der Waals surface area (Å²) in [5.74, 6) is -0.823. The fourth-order valence-corrected chi connectivity index (χ4v) is 2.06. The first-order valence-electron chi connectivity index (χ1n) is 5.53. The van der Waals surface area contributed by atoms with Crippen molar-refractivity contribution in [1.82, 2.24) is 10.2 Å². The lowest BCUT2D eigenvalue weighted by molar-refractivity contribution is -0.146. The average Bonchev–Trinajstić information content (AvgIpc) is 2.73. The molecule has 1 N–H and O–H groups in total. The molecule has 1 fully saturated rings. The van der Waals surface area contributed by atoms with E-state index in [0.717, 1.165) is 12.8 Å². The van der Waals surface area contributed by atoms with Gasteiger partial charge in [0.15, 0.2) is 0 Å². The van der Waals surface area contributed by atoms with E-state index in [1.165, 1.54) is 0 Å². The fourth-order valence-electron chi connectivity index (χ4n) is 2.06. The van der Waals surface area contributed by atoms with E-state index in [-0.39, 0.29) is 12.6 Å². The lowest BCUT2D eigenvalue weighted by Crippen LogP contribution is -2.46. The standard InChI is InChI=1S/C11H17N3O2/c1-8(2)9-4-3-7-14(9)11(16)10(15)13-6-5-12/h8-9H,3-4,6-7H2,1-2H3,(H,13,15). The molecule has 0 aromatic rings. The van der Waals surface area contributed by atoms with Crippen molar-refractivity contribution in [3.05, 3.63) is 0 Å². The fraction of sp³-hybridized carbons (Fsp3) is 0.727. The Morgan fingerprint density at radius 3 is 2.81 bits per heavy atom. The van der Waals surface area contributed by atoms with Gasteiger partial charge in [0.05, 0.1) is 6.07 Å². The molecular formula is C11H17N3O2. The van der Waals surface area contributed by atoms with E-state index >= 15 is 0 Å². The molecule has 1 heterocycles. The van der Waals surface area contributed by atoms with E-state index in [1.807, 2.05) is 13.8 Å².